The molecule has 0 heterocycles. The summed E-state index contributed by atoms with van der Waals surface area (Å²) in [7, 11) is 0. The zero-order chi connectivity index (χ0) is 13.9. The molecule has 0 aliphatic heterocycles. The Balaban J connectivity index is 2.25. The molecule has 1 saturated carbocycles. The van der Waals surface area contributed by atoms with Crippen LogP contribution in [-0.2, 0) is 12.0 Å². The Hall–Kier alpha value is -0.820. The normalized spacial score (nSPS) is 27.7. The predicted octanol–water partition coefficient (Wildman–Crippen LogP) is 4.67. The van der Waals surface area contributed by atoms with Crippen molar-refractivity contribution in [1.29, 1.82) is 0 Å². The molecular formula is C18H28O. The summed E-state index contributed by atoms with van der Waals surface area (Å²) < 4.78 is 0. The molecule has 2 rings (SSSR count). The summed E-state index contributed by atoms with van der Waals surface area (Å²) in [5.41, 5.74) is 1.91. The second-order valence-corrected chi connectivity index (χ2v) is 6.47. The van der Waals surface area contributed by atoms with E-state index in [0.29, 0.717) is 11.8 Å². The number of hydrogen-bond acceptors (Lipinski definition) is 1. The van der Waals surface area contributed by atoms with Gasteiger partial charge in [-0.15, -0.1) is 0 Å². The highest BCUT2D eigenvalue weighted by molar-refractivity contribution is 5.28. The fourth-order valence-corrected chi connectivity index (χ4v) is 3.67. The van der Waals surface area contributed by atoms with Crippen molar-refractivity contribution in [2.75, 3.05) is 0 Å². The standard InChI is InChI=1S/C18H28O/c1-4-7-15-9-11-16(12-10-15)18(19)13-6-5-8-17(18)14(2)3/h9-12,14,17,19H,4-8,13H2,1-3H3. The summed E-state index contributed by atoms with van der Waals surface area (Å²) in [6, 6.07) is 8.71. The Morgan fingerprint density at radius 3 is 2.47 bits per heavy atom. The van der Waals surface area contributed by atoms with Crippen molar-refractivity contribution in [3.05, 3.63) is 35.4 Å². The van der Waals surface area contributed by atoms with Crippen LogP contribution in [-0.4, -0.2) is 5.11 Å². The van der Waals surface area contributed by atoms with Crippen LogP contribution in [0.5, 0.6) is 0 Å². The Morgan fingerprint density at radius 1 is 1.21 bits per heavy atom. The molecule has 106 valence electrons. The van der Waals surface area contributed by atoms with Gasteiger partial charge in [-0.05, 0) is 42.2 Å². The van der Waals surface area contributed by atoms with Gasteiger partial charge in [-0.25, -0.2) is 0 Å². The molecular weight excluding hydrogens is 232 g/mol. The lowest BCUT2D eigenvalue weighted by Gasteiger charge is -2.43. The topological polar surface area (TPSA) is 20.2 Å². The highest BCUT2D eigenvalue weighted by atomic mass is 16.3. The monoisotopic (exact) mass is 260 g/mol. The van der Waals surface area contributed by atoms with Gasteiger partial charge in [-0.3, -0.25) is 0 Å². The predicted molar refractivity (Wildman–Crippen MR) is 81.1 cm³/mol. The quantitative estimate of drug-likeness (QED) is 0.834. The maximum atomic E-state index is 11.2. The molecule has 1 fully saturated rings. The molecule has 2 unspecified atom stereocenters. The van der Waals surface area contributed by atoms with Gasteiger partial charge in [0.05, 0.1) is 5.60 Å². The first-order chi connectivity index (χ1) is 9.08. The molecule has 1 aliphatic rings. The smallest absolute Gasteiger partial charge is 0.0927 e. The third-order valence-electron chi connectivity index (χ3n) is 4.73. The lowest BCUT2D eigenvalue weighted by atomic mass is 9.67. The number of aliphatic hydroxyl groups is 1. The summed E-state index contributed by atoms with van der Waals surface area (Å²) in [4.78, 5) is 0. The van der Waals surface area contributed by atoms with E-state index in [1.165, 1.54) is 18.4 Å². The molecule has 0 spiro atoms. The average Bonchev–Trinajstić information content (AvgIpc) is 2.40. The Morgan fingerprint density at radius 2 is 1.89 bits per heavy atom. The third-order valence-corrected chi connectivity index (χ3v) is 4.73. The Labute approximate surface area is 118 Å². The second-order valence-electron chi connectivity index (χ2n) is 6.47. The van der Waals surface area contributed by atoms with Crippen LogP contribution in [0.4, 0.5) is 0 Å². The van der Waals surface area contributed by atoms with Gasteiger partial charge >= 0.3 is 0 Å². The maximum absolute atomic E-state index is 11.2. The van der Waals surface area contributed by atoms with Crippen LogP contribution < -0.4 is 0 Å². The molecule has 1 aliphatic carbocycles. The van der Waals surface area contributed by atoms with Gasteiger partial charge in [0.1, 0.15) is 0 Å². The van der Waals surface area contributed by atoms with E-state index in [1.807, 2.05) is 0 Å². The van der Waals surface area contributed by atoms with Crippen molar-refractivity contribution in [3.63, 3.8) is 0 Å². The first kappa shape index (κ1) is 14.6. The van der Waals surface area contributed by atoms with Crippen LogP contribution in [0.3, 0.4) is 0 Å². The number of aryl methyl sites for hydroxylation is 1. The van der Waals surface area contributed by atoms with Gasteiger partial charge in [0.2, 0.25) is 0 Å². The molecule has 1 heteroatoms. The highest BCUT2D eigenvalue weighted by Crippen LogP contribution is 2.45. The largest absolute Gasteiger partial charge is 0.385 e. The molecule has 1 aromatic rings. The first-order valence-corrected chi connectivity index (χ1v) is 7.89. The number of rotatable bonds is 4. The van der Waals surface area contributed by atoms with E-state index in [-0.39, 0.29) is 0 Å². The van der Waals surface area contributed by atoms with Crippen molar-refractivity contribution in [2.45, 2.75) is 64.9 Å². The zero-order valence-corrected chi connectivity index (χ0v) is 12.7. The molecule has 1 aromatic carbocycles. The number of hydrogen-bond donors (Lipinski definition) is 1. The molecule has 0 radical (unpaired) electrons. The summed E-state index contributed by atoms with van der Waals surface area (Å²) >= 11 is 0. The molecule has 1 nitrogen and oxygen atoms in total. The Bertz CT molecular complexity index is 393. The fourth-order valence-electron chi connectivity index (χ4n) is 3.67. The summed E-state index contributed by atoms with van der Waals surface area (Å²) in [6.45, 7) is 6.69. The van der Waals surface area contributed by atoms with Gasteiger partial charge in [-0.2, -0.15) is 0 Å². The molecule has 1 N–H and O–H groups in total. The van der Waals surface area contributed by atoms with Crippen LogP contribution in [0.2, 0.25) is 0 Å². The fraction of sp³-hybridized carbons (Fsp3) is 0.667. The van der Waals surface area contributed by atoms with E-state index >= 15 is 0 Å². The van der Waals surface area contributed by atoms with Crippen LogP contribution in [0.25, 0.3) is 0 Å². The van der Waals surface area contributed by atoms with E-state index in [1.54, 1.807) is 0 Å². The van der Waals surface area contributed by atoms with E-state index in [2.05, 4.69) is 45.0 Å². The SMILES string of the molecule is CCCc1ccc(C2(O)CCCCC2C(C)C)cc1. The van der Waals surface area contributed by atoms with Gasteiger partial charge in [0.15, 0.2) is 0 Å². The molecule has 19 heavy (non-hydrogen) atoms. The van der Waals surface area contributed by atoms with Crippen molar-refractivity contribution >= 4 is 0 Å². The van der Waals surface area contributed by atoms with Gasteiger partial charge in [0.25, 0.3) is 0 Å². The third kappa shape index (κ3) is 3.02. The average molecular weight is 260 g/mol. The second kappa shape index (κ2) is 6.09. The van der Waals surface area contributed by atoms with Crippen molar-refractivity contribution in [1.82, 2.24) is 0 Å². The first-order valence-electron chi connectivity index (χ1n) is 7.89. The lowest BCUT2D eigenvalue weighted by molar-refractivity contribution is -0.0721. The van der Waals surface area contributed by atoms with Crippen molar-refractivity contribution < 1.29 is 5.11 Å². The van der Waals surface area contributed by atoms with Gasteiger partial charge in [0, 0.05) is 0 Å². The minimum atomic E-state index is -0.600. The number of benzene rings is 1. The minimum Gasteiger partial charge on any atom is -0.385 e. The summed E-state index contributed by atoms with van der Waals surface area (Å²) in [5.74, 6) is 0.943. The molecule has 0 saturated heterocycles. The van der Waals surface area contributed by atoms with Crippen LogP contribution >= 0.6 is 0 Å². The molecule has 0 aromatic heterocycles. The van der Waals surface area contributed by atoms with Crippen molar-refractivity contribution in [3.8, 4) is 0 Å². The minimum absolute atomic E-state index is 0.401. The zero-order valence-electron chi connectivity index (χ0n) is 12.7. The van der Waals surface area contributed by atoms with Crippen LogP contribution in [0.1, 0.15) is 64.0 Å². The van der Waals surface area contributed by atoms with E-state index in [0.717, 1.165) is 31.2 Å². The molecule has 0 amide bonds. The van der Waals surface area contributed by atoms with E-state index in [4.69, 9.17) is 0 Å². The van der Waals surface area contributed by atoms with E-state index in [9.17, 15) is 5.11 Å². The maximum Gasteiger partial charge on any atom is 0.0927 e. The molecule has 0 bridgehead atoms. The van der Waals surface area contributed by atoms with Crippen LogP contribution in [0, 0.1) is 11.8 Å². The Kier molecular flexibility index (Phi) is 4.67. The van der Waals surface area contributed by atoms with Crippen LogP contribution in [0.15, 0.2) is 24.3 Å². The lowest BCUT2D eigenvalue weighted by Crippen LogP contribution is -2.40. The molecule has 2 atom stereocenters. The summed E-state index contributed by atoms with van der Waals surface area (Å²) in [5, 5.41) is 11.2. The summed E-state index contributed by atoms with van der Waals surface area (Å²) in [6.07, 6.45) is 6.80. The van der Waals surface area contributed by atoms with Gasteiger partial charge in [-0.1, -0.05) is 64.3 Å². The van der Waals surface area contributed by atoms with Gasteiger partial charge < -0.3 is 5.11 Å². The van der Waals surface area contributed by atoms with Crippen molar-refractivity contribution in [2.24, 2.45) is 11.8 Å². The van der Waals surface area contributed by atoms with E-state index < -0.39 is 5.60 Å². The highest BCUT2D eigenvalue weighted by Gasteiger charge is 2.41.